The smallest absolute Gasteiger partial charge is 0.323 e. The molecule has 358 valence electrons. The molecule has 2 atom stereocenters. The number of para-hydroxylation sites is 5. The Balaban J connectivity index is 0.810. The molecule has 11 rings (SSSR count). The molecule has 10 aromatic rings. The number of likely N-dealkylation sites (tertiary alicyclic amines) is 1. The molecule has 0 saturated carbocycles. The average molecular weight is 965 g/mol. The number of carbonyl (C=O) groups is 5. The fraction of sp³-hybridized carbons (Fsp3) is 0.123. The largest absolute Gasteiger partial charge is 0.468 e. The molecule has 16 nitrogen and oxygen atoms in total. The number of esters is 1. The summed E-state index contributed by atoms with van der Waals surface area (Å²) in [5.41, 5.74) is 5.27. The summed E-state index contributed by atoms with van der Waals surface area (Å²) < 4.78 is 5.07. The Morgan fingerprint density at radius 1 is 0.466 bits per heavy atom. The van der Waals surface area contributed by atoms with Gasteiger partial charge < -0.3 is 26.0 Å². The summed E-state index contributed by atoms with van der Waals surface area (Å²) in [7, 11) is 1.40. The molecule has 5 aromatic heterocycles. The van der Waals surface area contributed by atoms with Gasteiger partial charge in [-0.2, -0.15) is 0 Å². The van der Waals surface area contributed by atoms with E-state index in [0.29, 0.717) is 72.9 Å². The van der Waals surface area contributed by atoms with Crippen LogP contribution in [0.3, 0.4) is 0 Å². The minimum atomic E-state index is -0.546. The first-order valence-electron chi connectivity index (χ1n) is 23.6. The van der Waals surface area contributed by atoms with Crippen LogP contribution in [0.1, 0.15) is 73.5 Å². The van der Waals surface area contributed by atoms with Gasteiger partial charge in [-0.1, -0.05) is 97.1 Å². The van der Waals surface area contributed by atoms with Crippen molar-refractivity contribution in [3.8, 4) is 0 Å². The van der Waals surface area contributed by atoms with Crippen LogP contribution in [0, 0.1) is 0 Å². The van der Waals surface area contributed by atoms with E-state index in [-0.39, 0.29) is 40.8 Å². The van der Waals surface area contributed by atoms with Gasteiger partial charge in [-0.3, -0.25) is 28.9 Å². The number of benzene rings is 5. The SMILES string of the molecule is COC(=O)[C@@H]1CCCN1[C@H](C)c1ccc2cccc(NC(=O)c3ccc4cccc(NC(=O)c5ccc6cccc(NC(=O)c7ccc8cccc(NC(=O)c9ccc%10ccccc%10n9)c8n7)c6n5)c4n3)c2n1. The Morgan fingerprint density at radius 3 is 1.30 bits per heavy atom. The Bertz CT molecular complexity index is 3900. The number of nitrogens with zero attached hydrogens (tertiary/aromatic N) is 6. The summed E-state index contributed by atoms with van der Waals surface area (Å²) in [6.45, 7) is 2.75. The molecule has 16 heteroatoms. The number of anilines is 4. The van der Waals surface area contributed by atoms with Gasteiger partial charge in [0.15, 0.2) is 0 Å². The van der Waals surface area contributed by atoms with Crippen LogP contribution in [0.25, 0.3) is 54.5 Å². The predicted octanol–water partition coefficient (Wildman–Crippen LogP) is 10.1. The van der Waals surface area contributed by atoms with Crippen LogP contribution < -0.4 is 21.3 Å². The first-order valence-corrected chi connectivity index (χ1v) is 23.6. The summed E-state index contributed by atoms with van der Waals surface area (Å²) in [6, 6.07) is 45.9. The molecule has 1 aliphatic rings. The maximum atomic E-state index is 14.0. The number of methoxy groups -OCH3 is 1. The Labute approximate surface area is 416 Å². The first-order chi connectivity index (χ1) is 35.6. The number of ether oxygens (including phenoxy) is 1. The van der Waals surface area contributed by atoms with Crippen LogP contribution in [-0.2, 0) is 9.53 Å². The number of nitrogens with one attached hydrogen (secondary N) is 4. The van der Waals surface area contributed by atoms with Crippen molar-refractivity contribution in [2.24, 2.45) is 0 Å². The molecule has 6 heterocycles. The third kappa shape index (κ3) is 9.09. The molecule has 0 unspecified atom stereocenters. The van der Waals surface area contributed by atoms with Crippen LogP contribution in [0.4, 0.5) is 22.7 Å². The maximum Gasteiger partial charge on any atom is 0.323 e. The number of hydrogen-bond acceptors (Lipinski definition) is 12. The first kappa shape index (κ1) is 45.9. The lowest BCUT2D eigenvalue weighted by atomic mass is 10.1. The van der Waals surface area contributed by atoms with Crippen LogP contribution >= 0.6 is 0 Å². The van der Waals surface area contributed by atoms with Gasteiger partial charge in [-0.15, -0.1) is 0 Å². The van der Waals surface area contributed by atoms with E-state index in [1.54, 1.807) is 84.9 Å². The number of pyridine rings is 5. The van der Waals surface area contributed by atoms with Crippen molar-refractivity contribution in [2.45, 2.75) is 31.8 Å². The average Bonchev–Trinajstić information content (AvgIpc) is 3.93. The number of hydrogen-bond donors (Lipinski definition) is 4. The van der Waals surface area contributed by atoms with Gasteiger partial charge in [0.05, 0.1) is 69.2 Å². The Morgan fingerprint density at radius 2 is 0.849 bits per heavy atom. The molecule has 4 amide bonds. The van der Waals surface area contributed by atoms with Crippen molar-refractivity contribution in [2.75, 3.05) is 34.9 Å². The van der Waals surface area contributed by atoms with Crippen LogP contribution in [0.5, 0.6) is 0 Å². The number of fused-ring (bicyclic) bond motifs is 5. The van der Waals surface area contributed by atoms with Crippen molar-refractivity contribution in [1.82, 2.24) is 29.8 Å². The van der Waals surface area contributed by atoms with Gasteiger partial charge in [0.1, 0.15) is 28.8 Å². The van der Waals surface area contributed by atoms with E-state index in [1.165, 1.54) is 7.11 Å². The molecule has 0 radical (unpaired) electrons. The summed E-state index contributed by atoms with van der Waals surface area (Å²) in [5.74, 6) is -2.25. The summed E-state index contributed by atoms with van der Waals surface area (Å²) in [6.07, 6.45) is 1.59. The number of rotatable bonds is 11. The second-order valence-electron chi connectivity index (χ2n) is 17.6. The highest BCUT2D eigenvalue weighted by atomic mass is 16.5. The van der Waals surface area contributed by atoms with Crippen molar-refractivity contribution < 1.29 is 28.7 Å². The van der Waals surface area contributed by atoms with Gasteiger partial charge in [0.25, 0.3) is 23.6 Å². The van der Waals surface area contributed by atoms with Crippen LogP contribution in [0.2, 0.25) is 0 Å². The van der Waals surface area contributed by atoms with Gasteiger partial charge in [0, 0.05) is 26.9 Å². The van der Waals surface area contributed by atoms with Crippen molar-refractivity contribution in [3.05, 3.63) is 186 Å². The Hall–Kier alpha value is -9.54. The lowest BCUT2D eigenvalue weighted by molar-refractivity contribution is -0.146. The quantitative estimate of drug-likeness (QED) is 0.0893. The Kier molecular flexibility index (Phi) is 12.2. The molecule has 4 N–H and O–H groups in total. The molecule has 1 aliphatic heterocycles. The van der Waals surface area contributed by atoms with Gasteiger partial charge in [-0.25, -0.2) is 24.9 Å². The highest BCUT2D eigenvalue weighted by Gasteiger charge is 2.35. The summed E-state index contributed by atoms with van der Waals surface area (Å²) in [5, 5.41) is 15.5. The minimum absolute atomic E-state index is 0.0629. The maximum absolute atomic E-state index is 14.0. The standard InChI is InChI=1S/C57H44N10O6/c1-32(67-31-9-20-48(67)57(72)73-2)38-26-22-34-11-5-16-40(49(34)59-38)64-54(69)45-28-24-36-13-7-18-42(51(36)61-45)66-56(71)47-30-25-37-14-8-19-43(52(37)62-47)65-55(70)46-29-23-35-12-6-17-41(50(35)60-46)63-53(68)44-27-21-33-10-3-4-15-39(33)58-44/h3-8,10-19,21-30,32,48H,9,20,31H2,1-2H3,(H,63,68)(H,64,69)(H,65,70)(H,66,71)/t32-,48+/m1/s1. The van der Waals surface area contributed by atoms with Gasteiger partial charge >= 0.3 is 5.97 Å². The molecule has 73 heavy (non-hydrogen) atoms. The second-order valence-corrected chi connectivity index (χ2v) is 17.6. The zero-order valence-electron chi connectivity index (χ0n) is 39.4. The normalized spacial score (nSPS) is 14.0. The summed E-state index contributed by atoms with van der Waals surface area (Å²) in [4.78, 5) is 93.4. The molecule has 0 spiro atoms. The van der Waals surface area contributed by atoms with Crippen LogP contribution in [0.15, 0.2) is 158 Å². The van der Waals surface area contributed by atoms with Gasteiger partial charge in [-0.05, 0) is 87.0 Å². The van der Waals surface area contributed by atoms with E-state index in [9.17, 15) is 24.0 Å². The van der Waals surface area contributed by atoms with Crippen molar-refractivity contribution >= 4 is 107 Å². The third-order valence-corrected chi connectivity index (χ3v) is 13.1. The van der Waals surface area contributed by atoms with E-state index in [0.717, 1.165) is 29.4 Å². The van der Waals surface area contributed by atoms with E-state index < -0.39 is 23.6 Å². The molecule has 5 aromatic carbocycles. The predicted molar refractivity (Wildman–Crippen MR) is 281 cm³/mol. The highest BCUT2D eigenvalue weighted by Crippen LogP contribution is 2.33. The van der Waals surface area contributed by atoms with E-state index in [4.69, 9.17) is 19.7 Å². The lowest BCUT2D eigenvalue weighted by Gasteiger charge is -2.28. The number of carbonyl (C=O) groups excluding carboxylic acids is 5. The fourth-order valence-electron chi connectivity index (χ4n) is 9.37. The molecular weight excluding hydrogens is 921 g/mol. The second kappa shape index (κ2) is 19.3. The monoisotopic (exact) mass is 964 g/mol. The third-order valence-electron chi connectivity index (χ3n) is 13.1. The fourth-order valence-corrected chi connectivity index (χ4v) is 9.37. The minimum Gasteiger partial charge on any atom is -0.468 e. The number of aromatic nitrogens is 5. The van der Waals surface area contributed by atoms with E-state index in [2.05, 4.69) is 36.1 Å². The molecule has 0 aliphatic carbocycles. The molecular formula is C57H44N10O6. The molecule has 1 saturated heterocycles. The highest BCUT2D eigenvalue weighted by molar-refractivity contribution is 6.13. The molecule has 0 bridgehead atoms. The topological polar surface area (TPSA) is 210 Å². The van der Waals surface area contributed by atoms with Crippen molar-refractivity contribution in [3.63, 3.8) is 0 Å². The van der Waals surface area contributed by atoms with Gasteiger partial charge in [0.2, 0.25) is 0 Å². The lowest BCUT2D eigenvalue weighted by Crippen LogP contribution is -2.38. The zero-order valence-corrected chi connectivity index (χ0v) is 39.4. The van der Waals surface area contributed by atoms with E-state index >= 15 is 0 Å². The van der Waals surface area contributed by atoms with Crippen molar-refractivity contribution in [1.29, 1.82) is 0 Å². The van der Waals surface area contributed by atoms with E-state index in [1.807, 2.05) is 79.7 Å². The molecule has 1 fully saturated rings. The zero-order chi connectivity index (χ0) is 50.2. The van der Waals surface area contributed by atoms with Crippen LogP contribution in [-0.4, -0.2) is 79.1 Å². The number of amides is 4. The summed E-state index contributed by atoms with van der Waals surface area (Å²) >= 11 is 0.